The van der Waals surface area contributed by atoms with Crippen molar-refractivity contribution in [1.29, 1.82) is 0 Å². The average Bonchev–Trinajstić information content (AvgIpc) is 2.92. The minimum Gasteiger partial charge on any atom is -0.396 e. The lowest BCUT2D eigenvalue weighted by molar-refractivity contribution is -0.142. The first kappa shape index (κ1) is 17.0. The largest absolute Gasteiger partial charge is 0.396 e. The summed E-state index contributed by atoms with van der Waals surface area (Å²) in [6.07, 6.45) is 5.73. The number of amides is 1. The molecule has 1 aromatic rings. The summed E-state index contributed by atoms with van der Waals surface area (Å²) in [6.45, 7) is 5.49. The predicted molar refractivity (Wildman–Crippen MR) is 83.2 cm³/mol. The monoisotopic (exact) mass is 309 g/mol. The second-order valence-corrected chi connectivity index (χ2v) is 6.29. The van der Waals surface area contributed by atoms with Gasteiger partial charge in [0.2, 0.25) is 5.91 Å². The van der Waals surface area contributed by atoms with Gasteiger partial charge in [0.1, 0.15) is 5.82 Å². The van der Waals surface area contributed by atoms with E-state index in [2.05, 4.69) is 11.9 Å². The maximum atomic E-state index is 12.3. The molecule has 1 aliphatic rings. The summed E-state index contributed by atoms with van der Waals surface area (Å²) >= 11 is 0. The highest BCUT2D eigenvalue weighted by molar-refractivity contribution is 5.76. The molecule has 22 heavy (non-hydrogen) atoms. The van der Waals surface area contributed by atoms with Crippen LogP contribution in [-0.4, -0.2) is 56.4 Å². The van der Waals surface area contributed by atoms with Crippen molar-refractivity contribution >= 4 is 5.91 Å². The van der Waals surface area contributed by atoms with Gasteiger partial charge in [-0.3, -0.25) is 4.79 Å². The van der Waals surface area contributed by atoms with E-state index in [1.54, 1.807) is 11.1 Å². The number of aliphatic hydroxyl groups is 2. The van der Waals surface area contributed by atoms with Gasteiger partial charge in [-0.15, -0.1) is 0 Å². The van der Waals surface area contributed by atoms with Crippen LogP contribution in [0.3, 0.4) is 0 Å². The Bertz CT molecular complexity index is 503. The molecule has 1 aliphatic heterocycles. The fraction of sp³-hybridized carbons (Fsp3) is 0.750. The quantitative estimate of drug-likeness (QED) is 0.820. The maximum Gasteiger partial charge on any atom is 0.224 e. The number of piperidine rings is 1. The molecule has 0 unspecified atom stereocenters. The van der Waals surface area contributed by atoms with E-state index in [1.807, 2.05) is 17.7 Å². The highest BCUT2D eigenvalue weighted by atomic mass is 16.3. The second kappa shape index (κ2) is 7.24. The summed E-state index contributed by atoms with van der Waals surface area (Å²) in [6, 6.07) is 0. The number of aromatic nitrogens is 2. The zero-order chi connectivity index (χ0) is 16.2. The molecule has 0 spiro atoms. The summed E-state index contributed by atoms with van der Waals surface area (Å²) in [5.41, 5.74) is -0.438. The van der Waals surface area contributed by atoms with Crippen LogP contribution in [0.2, 0.25) is 0 Å². The van der Waals surface area contributed by atoms with Gasteiger partial charge in [-0.05, 0) is 19.8 Å². The number of aliphatic hydroxyl groups excluding tert-OH is 2. The van der Waals surface area contributed by atoms with Crippen LogP contribution < -0.4 is 0 Å². The van der Waals surface area contributed by atoms with E-state index in [-0.39, 0.29) is 12.5 Å². The van der Waals surface area contributed by atoms with Crippen LogP contribution in [-0.2, 0) is 11.3 Å². The van der Waals surface area contributed by atoms with Crippen LogP contribution in [0.4, 0.5) is 0 Å². The molecule has 0 aromatic carbocycles. The number of hydrogen-bond acceptors (Lipinski definition) is 4. The van der Waals surface area contributed by atoms with Gasteiger partial charge < -0.3 is 19.7 Å². The van der Waals surface area contributed by atoms with Gasteiger partial charge in [0.25, 0.3) is 0 Å². The van der Waals surface area contributed by atoms with Gasteiger partial charge >= 0.3 is 0 Å². The summed E-state index contributed by atoms with van der Waals surface area (Å²) in [5, 5.41) is 20.1. The molecule has 0 bridgehead atoms. The van der Waals surface area contributed by atoms with Crippen LogP contribution >= 0.6 is 0 Å². The normalized spacial score (nSPS) is 25.5. The number of carbonyl (C=O) groups excluding carboxylic acids is 1. The molecule has 124 valence electrons. The van der Waals surface area contributed by atoms with Gasteiger partial charge in [-0.2, -0.15) is 0 Å². The first-order chi connectivity index (χ1) is 10.5. The number of hydrogen-bond donors (Lipinski definition) is 2. The molecular weight excluding hydrogens is 282 g/mol. The Morgan fingerprint density at radius 2 is 2.32 bits per heavy atom. The molecule has 2 heterocycles. The Kier molecular flexibility index (Phi) is 5.58. The Balaban J connectivity index is 1.89. The number of nitrogens with zero attached hydrogens (tertiary/aromatic N) is 3. The maximum absolute atomic E-state index is 12.3. The van der Waals surface area contributed by atoms with Gasteiger partial charge in [0, 0.05) is 43.9 Å². The number of likely N-dealkylation sites (tertiary alicyclic amines) is 1. The van der Waals surface area contributed by atoms with Gasteiger partial charge in [-0.25, -0.2) is 4.98 Å². The highest BCUT2D eigenvalue weighted by Gasteiger charge is 2.42. The molecular formula is C16H27N3O3. The van der Waals surface area contributed by atoms with Crippen molar-refractivity contribution in [2.75, 3.05) is 19.7 Å². The van der Waals surface area contributed by atoms with Crippen molar-refractivity contribution in [3.8, 4) is 0 Å². The third-order valence-electron chi connectivity index (χ3n) is 4.89. The fourth-order valence-electron chi connectivity index (χ4n) is 3.31. The standard InChI is InChI=1S/C16H27N3O3/c1-3-5-16(12-20)6-9-19(11-14(16)21)15(22)4-8-18-10-7-17-13(18)2/h7,10,14,20-21H,3-6,8-9,11-12H2,1-2H3/t14-,16+/m0/s1. The van der Waals surface area contributed by atoms with Crippen molar-refractivity contribution < 1.29 is 15.0 Å². The third-order valence-corrected chi connectivity index (χ3v) is 4.89. The number of β-amino-alcohol motifs (C(OH)–C–C–N with tert-alkyl or cyclic N) is 1. The third kappa shape index (κ3) is 3.50. The van der Waals surface area contributed by atoms with Crippen LogP contribution in [0.5, 0.6) is 0 Å². The van der Waals surface area contributed by atoms with Crippen LogP contribution in [0.1, 0.15) is 38.4 Å². The zero-order valence-corrected chi connectivity index (χ0v) is 13.5. The first-order valence-electron chi connectivity index (χ1n) is 8.07. The van der Waals surface area contributed by atoms with Crippen LogP contribution in [0.15, 0.2) is 12.4 Å². The van der Waals surface area contributed by atoms with Crippen molar-refractivity contribution in [2.45, 2.75) is 52.2 Å². The van der Waals surface area contributed by atoms with Crippen molar-refractivity contribution in [3.05, 3.63) is 18.2 Å². The Morgan fingerprint density at radius 1 is 1.55 bits per heavy atom. The molecule has 6 nitrogen and oxygen atoms in total. The van der Waals surface area contributed by atoms with Gasteiger partial charge in [0.05, 0.1) is 12.7 Å². The lowest BCUT2D eigenvalue weighted by Crippen LogP contribution is -2.54. The predicted octanol–water partition coefficient (Wildman–Crippen LogP) is 0.954. The number of rotatable bonds is 6. The van der Waals surface area contributed by atoms with E-state index >= 15 is 0 Å². The Hall–Kier alpha value is -1.40. The molecule has 1 aromatic heterocycles. The van der Waals surface area contributed by atoms with Gasteiger partial charge in [-0.1, -0.05) is 13.3 Å². The molecule has 1 fully saturated rings. The lowest BCUT2D eigenvalue weighted by atomic mass is 9.73. The average molecular weight is 309 g/mol. The molecule has 2 atom stereocenters. The van der Waals surface area contributed by atoms with E-state index in [4.69, 9.17) is 0 Å². The summed E-state index contributed by atoms with van der Waals surface area (Å²) < 4.78 is 1.95. The highest BCUT2D eigenvalue weighted by Crippen LogP contribution is 2.36. The molecule has 2 rings (SSSR count). The van der Waals surface area contributed by atoms with E-state index < -0.39 is 11.5 Å². The number of aryl methyl sites for hydroxylation is 2. The molecule has 0 aliphatic carbocycles. The number of carbonyl (C=O) groups is 1. The lowest BCUT2D eigenvalue weighted by Gasteiger charge is -2.44. The molecule has 1 amide bonds. The Labute approximate surface area is 131 Å². The molecule has 0 saturated carbocycles. The fourth-order valence-corrected chi connectivity index (χ4v) is 3.31. The van der Waals surface area contributed by atoms with Crippen molar-refractivity contribution in [2.24, 2.45) is 5.41 Å². The minimum absolute atomic E-state index is 0.0156. The van der Waals surface area contributed by atoms with Crippen molar-refractivity contribution in [3.63, 3.8) is 0 Å². The summed E-state index contributed by atoms with van der Waals surface area (Å²) in [4.78, 5) is 18.2. The summed E-state index contributed by atoms with van der Waals surface area (Å²) in [7, 11) is 0. The van der Waals surface area contributed by atoms with E-state index in [1.165, 1.54) is 0 Å². The van der Waals surface area contributed by atoms with E-state index in [9.17, 15) is 15.0 Å². The SMILES string of the molecule is CCC[C@]1(CO)CCN(C(=O)CCn2ccnc2C)C[C@@H]1O. The van der Waals surface area contributed by atoms with Crippen LogP contribution in [0.25, 0.3) is 0 Å². The number of imidazole rings is 1. The molecule has 6 heteroatoms. The van der Waals surface area contributed by atoms with Gasteiger partial charge in [0.15, 0.2) is 0 Å². The second-order valence-electron chi connectivity index (χ2n) is 6.29. The molecule has 0 radical (unpaired) electrons. The summed E-state index contributed by atoms with van der Waals surface area (Å²) in [5.74, 6) is 0.948. The zero-order valence-electron chi connectivity index (χ0n) is 13.5. The van der Waals surface area contributed by atoms with Crippen molar-refractivity contribution in [1.82, 2.24) is 14.5 Å². The van der Waals surface area contributed by atoms with E-state index in [0.717, 1.165) is 18.7 Å². The minimum atomic E-state index is -0.648. The van der Waals surface area contributed by atoms with E-state index in [0.29, 0.717) is 32.5 Å². The molecule has 2 N–H and O–H groups in total. The smallest absolute Gasteiger partial charge is 0.224 e. The Morgan fingerprint density at radius 3 is 2.86 bits per heavy atom. The first-order valence-corrected chi connectivity index (χ1v) is 8.07. The topological polar surface area (TPSA) is 78.6 Å². The molecule has 1 saturated heterocycles. The van der Waals surface area contributed by atoms with Crippen LogP contribution in [0, 0.1) is 12.3 Å².